The maximum absolute atomic E-state index is 9.42. The molecule has 0 N–H and O–H groups in total. The van der Waals surface area contributed by atoms with Crippen molar-refractivity contribution in [1.29, 1.82) is 5.26 Å². The van der Waals surface area contributed by atoms with Crippen LogP contribution in [0.5, 0.6) is 0 Å². The van der Waals surface area contributed by atoms with Gasteiger partial charge in [-0.25, -0.2) is 10.1 Å². The van der Waals surface area contributed by atoms with Crippen molar-refractivity contribution in [2.24, 2.45) is 0 Å². The second kappa shape index (κ2) is 5.82. The molecule has 132 valence electrons. The first-order valence-electron chi connectivity index (χ1n) is 8.90. The van der Waals surface area contributed by atoms with Crippen molar-refractivity contribution in [2.75, 3.05) is 0 Å². The average Bonchev–Trinajstić information content (AvgIpc) is 3.07. The van der Waals surface area contributed by atoms with Crippen LogP contribution in [0, 0.1) is 17.9 Å². The van der Waals surface area contributed by atoms with E-state index < -0.39 is 18.3 Å². The molecule has 4 rings (SSSR count). The Hall–Kier alpha value is -2.86. The molecule has 0 radical (unpaired) electrons. The van der Waals surface area contributed by atoms with E-state index in [9.17, 15) is 5.26 Å². The normalized spacial score (nSPS) is 20.4. The molecule has 1 fully saturated rings. The van der Waals surface area contributed by atoms with Crippen LogP contribution in [0.3, 0.4) is 0 Å². The van der Waals surface area contributed by atoms with Gasteiger partial charge in [0.05, 0.1) is 23.8 Å². The summed E-state index contributed by atoms with van der Waals surface area (Å²) in [4.78, 5) is 3.44. The Kier molecular flexibility index (Phi) is 3.79. The number of allylic oxidation sites excluding steroid dienone is 1. The molecule has 0 amide bonds. The molecule has 0 spiro atoms. The van der Waals surface area contributed by atoms with E-state index in [0.29, 0.717) is 5.57 Å². The molecular formula is C22H19BN2O2. The summed E-state index contributed by atoms with van der Waals surface area (Å²) in [5.74, 6) is 0. The summed E-state index contributed by atoms with van der Waals surface area (Å²) in [5.41, 5.74) is 4.81. The number of nitriles is 1. The largest absolute Gasteiger partial charge is 0.494 e. The van der Waals surface area contributed by atoms with Gasteiger partial charge in [-0.1, -0.05) is 42.5 Å². The number of hydrogen-bond donors (Lipinski definition) is 0. The van der Waals surface area contributed by atoms with Crippen LogP contribution in [0.4, 0.5) is 0 Å². The Labute approximate surface area is 160 Å². The molecule has 27 heavy (non-hydrogen) atoms. The van der Waals surface area contributed by atoms with Crippen molar-refractivity contribution >= 4 is 18.2 Å². The first-order chi connectivity index (χ1) is 12.8. The lowest BCUT2D eigenvalue weighted by atomic mass is 9.77. The quantitative estimate of drug-likeness (QED) is 0.374. The van der Waals surface area contributed by atoms with Gasteiger partial charge in [0, 0.05) is 5.57 Å². The summed E-state index contributed by atoms with van der Waals surface area (Å²) in [7, 11) is -0.447. The summed E-state index contributed by atoms with van der Waals surface area (Å²) in [6.45, 7) is 15.5. The average molecular weight is 354 g/mol. The van der Waals surface area contributed by atoms with Crippen LogP contribution in [0.2, 0.25) is 0 Å². The molecule has 2 aromatic rings. The van der Waals surface area contributed by atoms with Gasteiger partial charge >= 0.3 is 7.12 Å². The lowest BCUT2D eigenvalue weighted by molar-refractivity contribution is 0.00578. The maximum Gasteiger partial charge on any atom is 0.494 e. The van der Waals surface area contributed by atoms with Crippen LogP contribution in [0.15, 0.2) is 48.2 Å². The molecule has 4 nitrogen and oxygen atoms in total. The van der Waals surface area contributed by atoms with Gasteiger partial charge < -0.3 is 9.31 Å². The van der Waals surface area contributed by atoms with Gasteiger partial charge in [0.15, 0.2) is 0 Å². The third-order valence-electron chi connectivity index (χ3n) is 5.78. The molecule has 1 saturated heterocycles. The van der Waals surface area contributed by atoms with Crippen molar-refractivity contribution in [1.82, 2.24) is 0 Å². The van der Waals surface area contributed by atoms with E-state index in [1.807, 2.05) is 70.2 Å². The molecule has 0 bridgehead atoms. The van der Waals surface area contributed by atoms with Gasteiger partial charge in [-0.3, -0.25) is 0 Å². The van der Waals surface area contributed by atoms with Crippen LogP contribution in [0.1, 0.15) is 38.8 Å². The second-order valence-corrected chi connectivity index (χ2v) is 7.89. The SMILES string of the molecule is [C-]#[N+]/C(C#N)=C1\c2ccccc2-c2cc(B3OC(C)(C)C(C)(C)O3)ccc21. The van der Waals surface area contributed by atoms with Crippen LogP contribution in [0.25, 0.3) is 21.5 Å². The molecule has 1 heterocycles. The van der Waals surface area contributed by atoms with Crippen molar-refractivity contribution < 1.29 is 9.31 Å². The first-order valence-corrected chi connectivity index (χ1v) is 8.90. The Bertz CT molecular complexity index is 1040. The number of nitrogens with zero attached hydrogens (tertiary/aromatic N) is 2. The van der Waals surface area contributed by atoms with Gasteiger partial charge in [-0.2, -0.15) is 0 Å². The summed E-state index contributed by atoms with van der Waals surface area (Å²) >= 11 is 0. The van der Waals surface area contributed by atoms with Crippen molar-refractivity contribution in [3.8, 4) is 17.2 Å². The minimum atomic E-state index is -0.447. The smallest absolute Gasteiger partial charge is 0.399 e. The van der Waals surface area contributed by atoms with E-state index in [1.54, 1.807) is 0 Å². The van der Waals surface area contributed by atoms with Gasteiger partial charge in [0.2, 0.25) is 0 Å². The van der Waals surface area contributed by atoms with Gasteiger partial charge in [-0.15, -0.1) is 0 Å². The Morgan fingerprint density at radius 2 is 1.56 bits per heavy atom. The molecule has 5 heteroatoms. The fourth-order valence-corrected chi connectivity index (χ4v) is 3.60. The summed E-state index contributed by atoms with van der Waals surface area (Å²) in [6, 6.07) is 15.9. The van der Waals surface area contributed by atoms with Crippen LogP contribution >= 0.6 is 0 Å². The minimum absolute atomic E-state index is 0.115. The van der Waals surface area contributed by atoms with E-state index in [-0.39, 0.29) is 5.70 Å². The molecule has 0 unspecified atom stereocenters. The fraction of sp³-hybridized carbons (Fsp3) is 0.273. The Balaban J connectivity index is 1.87. The molecule has 1 aliphatic carbocycles. The van der Waals surface area contributed by atoms with E-state index in [0.717, 1.165) is 27.7 Å². The third kappa shape index (κ3) is 2.52. The van der Waals surface area contributed by atoms with Crippen LogP contribution in [-0.2, 0) is 9.31 Å². The zero-order chi connectivity index (χ0) is 19.4. The standard InChI is InChI=1S/C22H19BN2O2/c1-21(2)22(3,4)27-23(26-21)14-10-11-17-18(12-14)15-8-6-7-9-16(15)20(17)19(13-24)25-5/h6-12H,1-4H3/b20-19+. The third-order valence-corrected chi connectivity index (χ3v) is 5.78. The minimum Gasteiger partial charge on any atom is -0.399 e. The molecule has 2 aromatic carbocycles. The predicted molar refractivity (Wildman–Crippen MR) is 106 cm³/mol. The highest BCUT2D eigenvalue weighted by Gasteiger charge is 2.51. The number of hydrogen-bond acceptors (Lipinski definition) is 3. The van der Waals surface area contributed by atoms with Crippen molar-refractivity contribution in [3.63, 3.8) is 0 Å². The lowest BCUT2D eigenvalue weighted by Gasteiger charge is -2.32. The number of fused-ring (bicyclic) bond motifs is 3. The highest BCUT2D eigenvalue weighted by molar-refractivity contribution is 6.62. The van der Waals surface area contributed by atoms with E-state index in [1.165, 1.54) is 0 Å². The van der Waals surface area contributed by atoms with Gasteiger partial charge in [0.1, 0.15) is 0 Å². The molecule has 0 aromatic heterocycles. The highest BCUT2D eigenvalue weighted by Crippen LogP contribution is 2.45. The van der Waals surface area contributed by atoms with Crippen molar-refractivity contribution in [3.05, 3.63) is 70.7 Å². The van der Waals surface area contributed by atoms with E-state index >= 15 is 0 Å². The topological polar surface area (TPSA) is 46.6 Å². The predicted octanol–water partition coefficient (Wildman–Crippen LogP) is 4.17. The van der Waals surface area contributed by atoms with Gasteiger partial charge in [-0.05, 0) is 55.4 Å². The highest BCUT2D eigenvalue weighted by atomic mass is 16.7. The summed E-state index contributed by atoms with van der Waals surface area (Å²) in [6.07, 6.45) is 0. The van der Waals surface area contributed by atoms with E-state index in [4.69, 9.17) is 15.9 Å². The first kappa shape index (κ1) is 17.6. The fourth-order valence-electron chi connectivity index (χ4n) is 3.60. The molecule has 0 atom stereocenters. The maximum atomic E-state index is 9.42. The monoisotopic (exact) mass is 354 g/mol. The van der Waals surface area contributed by atoms with Crippen LogP contribution in [-0.4, -0.2) is 18.3 Å². The lowest BCUT2D eigenvalue weighted by Crippen LogP contribution is -2.41. The molecule has 0 saturated carbocycles. The van der Waals surface area contributed by atoms with E-state index in [2.05, 4.69) is 10.9 Å². The summed E-state index contributed by atoms with van der Waals surface area (Å²) < 4.78 is 12.4. The van der Waals surface area contributed by atoms with Crippen LogP contribution < -0.4 is 5.46 Å². The van der Waals surface area contributed by atoms with Crippen molar-refractivity contribution in [2.45, 2.75) is 38.9 Å². The zero-order valence-electron chi connectivity index (χ0n) is 15.8. The zero-order valence-corrected chi connectivity index (χ0v) is 15.8. The molecular weight excluding hydrogens is 335 g/mol. The molecule has 1 aliphatic heterocycles. The Morgan fingerprint density at radius 3 is 2.15 bits per heavy atom. The number of rotatable bonds is 1. The Morgan fingerprint density at radius 1 is 0.963 bits per heavy atom. The number of benzene rings is 2. The van der Waals surface area contributed by atoms with Gasteiger partial charge in [0.25, 0.3) is 5.70 Å². The molecule has 2 aliphatic rings. The second-order valence-electron chi connectivity index (χ2n) is 7.89. The summed E-state index contributed by atoms with van der Waals surface area (Å²) in [5, 5.41) is 9.42.